The van der Waals surface area contributed by atoms with Crippen LogP contribution in [0.15, 0.2) is 47.5 Å². The first-order valence-electron chi connectivity index (χ1n) is 8.25. The second-order valence-electron chi connectivity index (χ2n) is 6.53. The Bertz CT molecular complexity index is 907. The second-order valence-corrected chi connectivity index (χ2v) is 6.53. The minimum atomic E-state index is -0.0122. The molecule has 24 heavy (non-hydrogen) atoms. The molecular weight excluding hydrogens is 300 g/mol. The molecule has 0 N–H and O–H groups in total. The highest BCUT2D eigenvalue weighted by Gasteiger charge is 2.14. The lowest BCUT2D eigenvalue weighted by Gasteiger charge is -2.20. The SMILES string of the molecule is CC(CCn1ccnc1-c1cc2ccccc2n(C)c1=O)N(C)C. The third-order valence-corrected chi connectivity index (χ3v) is 4.76. The van der Waals surface area contributed by atoms with Crippen molar-refractivity contribution in [1.82, 2.24) is 19.0 Å². The number of aromatic nitrogens is 3. The zero-order chi connectivity index (χ0) is 17.3. The molecule has 0 aliphatic heterocycles. The van der Waals surface area contributed by atoms with Crippen molar-refractivity contribution >= 4 is 10.9 Å². The summed E-state index contributed by atoms with van der Waals surface area (Å²) in [5.74, 6) is 0.743. The molecule has 0 saturated heterocycles. The topological polar surface area (TPSA) is 43.1 Å². The van der Waals surface area contributed by atoms with Crippen LogP contribution >= 0.6 is 0 Å². The maximum atomic E-state index is 12.8. The summed E-state index contributed by atoms with van der Waals surface area (Å²) < 4.78 is 3.78. The van der Waals surface area contributed by atoms with Crippen LogP contribution in [0.4, 0.5) is 0 Å². The standard InChI is InChI=1S/C19H24N4O/c1-14(21(2)3)9-11-23-12-10-20-18(23)16-13-15-7-5-6-8-17(15)22(4)19(16)24/h5-8,10,12-14H,9,11H2,1-4H3. The Kier molecular flexibility index (Phi) is 4.53. The van der Waals surface area contributed by atoms with E-state index in [9.17, 15) is 4.79 Å². The normalized spacial score (nSPS) is 12.9. The van der Waals surface area contributed by atoms with Gasteiger partial charge in [0, 0.05) is 32.0 Å². The van der Waals surface area contributed by atoms with Crippen LogP contribution < -0.4 is 5.56 Å². The molecular formula is C19H24N4O. The van der Waals surface area contributed by atoms with E-state index < -0.39 is 0 Å². The van der Waals surface area contributed by atoms with Crippen molar-refractivity contribution in [2.75, 3.05) is 14.1 Å². The fourth-order valence-corrected chi connectivity index (χ4v) is 2.90. The molecule has 0 fully saturated rings. The summed E-state index contributed by atoms with van der Waals surface area (Å²) in [5, 5.41) is 1.05. The Balaban J connectivity index is 2.02. The van der Waals surface area contributed by atoms with Gasteiger partial charge >= 0.3 is 0 Å². The van der Waals surface area contributed by atoms with Gasteiger partial charge < -0.3 is 14.0 Å². The van der Waals surface area contributed by atoms with Gasteiger partial charge in [0.15, 0.2) is 0 Å². The highest BCUT2D eigenvalue weighted by molar-refractivity contribution is 5.83. The van der Waals surface area contributed by atoms with Crippen LogP contribution in [-0.2, 0) is 13.6 Å². The average Bonchev–Trinajstić information content (AvgIpc) is 3.04. The zero-order valence-electron chi connectivity index (χ0n) is 14.7. The summed E-state index contributed by atoms with van der Waals surface area (Å²) in [6, 6.07) is 10.4. The fourth-order valence-electron chi connectivity index (χ4n) is 2.90. The van der Waals surface area contributed by atoms with Gasteiger partial charge in [0.2, 0.25) is 0 Å². The Labute approximate surface area is 142 Å². The Hall–Kier alpha value is -2.40. The van der Waals surface area contributed by atoms with E-state index in [0.717, 1.165) is 29.7 Å². The van der Waals surface area contributed by atoms with E-state index >= 15 is 0 Å². The van der Waals surface area contributed by atoms with Crippen molar-refractivity contribution in [2.24, 2.45) is 7.05 Å². The van der Waals surface area contributed by atoms with Gasteiger partial charge in [0.05, 0.1) is 11.1 Å². The molecule has 0 bridgehead atoms. The summed E-state index contributed by atoms with van der Waals surface area (Å²) in [5.41, 5.74) is 1.58. The predicted octanol–water partition coefficient (Wildman–Crippen LogP) is 2.74. The zero-order valence-corrected chi connectivity index (χ0v) is 14.7. The van der Waals surface area contributed by atoms with Gasteiger partial charge in [-0.1, -0.05) is 18.2 Å². The first-order chi connectivity index (χ1) is 11.5. The number of hydrogen-bond donors (Lipinski definition) is 0. The molecule has 3 rings (SSSR count). The summed E-state index contributed by atoms with van der Waals surface area (Å²) >= 11 is 0. The van der Waals surface area contributed by atoms with Crippen molar-refractivity contribution in [3.63, 3.8) is 0 Å². The van der Waals surface area contributed by atoms with Crippen molar-refractivity contribution in [1.29, 1.82) is 0 Å². The molecule has 5 nitrogen and oxygen atoms in total. The molecule has 2 aromatic heterocycles. The smallest absolute Gasteiger partial charge is 0.261 e. The summed E-state index contributed by atoms with van der Waals surface area (Å²) in [6.45, 7) is 3.04. The van der Waals surface area contributed by atoms with Crippen molar-refractivity contribution < 1.29 is 0 Å². The minimum Gasteiger partial charge on any atom is -0.331 e. The number of fused-ring (bicyclic) bond motifs is 1. The number of rotatable bonds is 5. The Morgan fingerprint density at radius 2 is 2.00 bits per heavy atom. The highest BCUT2D eigenvalue weighted by Crippen LogP contribution is 2.20. The summed E-state index contributed by atoms with van der Waals surface area (Å²) in [4.78, 5) is 19.4. The molecule has 0 amide bonds. The molecule has 1 atom stereocenters. The molecule has 0 radical (unpaired) electrons. The lowest BCUT2D eigenvalue weighted by Crippen LogP contribution is -2.26. The van der Waals surface area contributed by atoms with E-state index in [2.05, 4.69) is 35.5 Å². The summed E-state index contributed by atoms with van der Waals surface area (Å²) in [6.07, 6.45) is 4.72. The van der Waals surface area contributed by atoms with Crippen LogP contribution in [0.3, 0.4) is 0 Å². The van der Waals surface area contributed by atoms with Gasteiger partial charge in [-0.3, -0.25) is 4.79 Å². The maximum absolute atomic E-state index is 12.8. The van der Waals surface area contributed by atoms with Gasteiger partial charge in [-0.2, -0.15) is 0 Å². The molecule has 3 aromatic rings. The highest BCUT2D eigenvalue weighted by atomic mass is 16.1. The molecule has 1 aromatic carbocycles. The summed E-state index contributed by atoms with van der Waals surface area (Å²) in [7, 11) is 5.98. The van der Waals surface area contributed by atoms with Gasteiger partial charge in [-0.25, -0.2) is 4.98 Å². The number of pyridine rings is 1. The lowest BCUT2D eigenvalue weighted by atomic mass is 10.1. The number of benzene rings is 1. The van der Waals surface area contributed by atoms with E-state index in [4.69, 9.17) is 0 Å². The molecule has 2 heterocycles. The van der Waals surface area contributed by atoms with Crippen LogP contribution in [0.2, 0.25) is 0 Å². The molecule has 0 aliphatic carbocycles. The fraction of sp³-hybridized carbons (Fsp3) is 0.368. The monoisotopic (exact) mass is 324 g/mol. The molecule has 126 valence electrons. The van der Waals surface area contributed by atoms with Crippen molar-refractivity contribution in [3.05, 3.63) is 53.1 Å². The Morgan fingerprint density at radius 1 is 1.25 bits per heavy atom. The predicted molar refractivity (Wildman–Crippen MR) is 98.2 cm³/mol. The van der Waals surface area contributed by atoms with E-state index in [1.165, 1.54) is 0 Å². The largest absolute Gasteiger partial charge is 0.331 e. The number of para-hydroxylation sites is 1. The number of nitrogens with zero attached hydrogens (tertiary/aromatic N) is 4. The maximum Gasteiger partial charge on any atom is 0.261 e. The third-order valence-electron chi connectivity index (χ3n) is 4.76. The average molecular weight is 324 g/mol. The van der Waals surface area contributed by atoms with Crippen LogP contribution in [0.5, 0.6) is 0 Å². The molecule has 5 heteroatoms. The lowest BCUT2D eigenvalue weighted by molar-refractivity contribution is 0.288. The minimum absolute atomic E-state index is 0.0122. The van der Waals surface area contributed by atoms with E-state index in [-0.39, 0.29) is 5.56 Å². The van der Waals surface area contributed by atoms with E-state index in [1.54, 1.807) is 10.8 Å². The van der Waals surface area contributed by atoms with Gasteiger partial charge in [-0.15, -0.1) is 0 Å². The van der Waals surface area contributed by atoms with E-state index in [1.807, 2.05) is 43.6 Å². The van der Waals surface area contributed by atoms with Crippen LogP contribution in [-0.4, -0.2) is 39.2 Å². The van der Waals surface area contributed by atoms with Gasteiger partial charge in [0.25, 0.3) is 5.56 Å². The third kappa shape index (κ3) is 2.99. The van der Waals surface area contributed by atoms with E-state index in [0.29, 0.717) is 11.6 Å². The number of imidazole rings is 1. The first-order valence-corrected chi connectivity index (χ1v) is 8.25. The van der Waals surface area contributed by atoms with Crippen LogP contribution in [0.25, 0.3) is 22.3 Å². The van der Waals surface area contributed by atoms with Crippen LogP contribution in [0, 0.1) is 0 Å². The first kappa shape index (κ1) is 16.5. The van der Waals surface area contributed by atoms with Crippen molar-refractivity contribution in [3.8, 4) is 11.4 Å². The van der Waals surface area contributed by atoms with Crippen LogP contribution in [0.1, 0.15) is 13.3 Å². The molecule has 1 unspecified atom stereocenters. The van der Waals surface area contributed by atoms with Crippen molar-refractivity contribution in [2.45, 2.75) is 25.9 Å². The quantitative estimate of drug-likeness (QED) is 0.725. The van der Waals surface area contributed by atoms with Gasteiger partial charge in [0.1, 0.15) is 5.82 Å². The molecule has 0 spiro atoms. The number of hydrogen-bond acceptors (Lipinski definition) is 3. The molecule has 0 saturated carbocycles. The Morgan fingerprint density at radius 3 is 2.75 bits per heavy atom. The second kappa shape index (κ2) is 6.61. The molecule has 0 aliphatic rings. The number of aryl methyl sites for hydroxylation is 2. The van der Waals surface area contributed by atoms with Gasteiger partial charge in [-0.05, 0) is 45.0 Å².